The molecule has 0 aromatic rings. The summed E-state index contributed by atoms with van der Waals surface area (Å²) in [6, 6.07) is 0. The summed E-state index contributed by atoms with van der Waals surface area (Å²) >= 11 is 0. The molecule has 1 fully saturated rings. The van der Waals surface area contributed by atoms with Gasteiger partial charge in [0.1, 0.15) is 0 Å². The van der Waals surface area contributed by atoms with E-state index in [9.17, 15) is 4.79 Å². The first kappa shape index (κ1) is 16.1. The molecule has 1 unspecified atom stereocenters. The van der Waals surface area contributed by atoms with Crippen LogP contribution in [0.15, 0.2) is 16.9 Å². The molecule has 0 bridgehead atoms. The minimum atomic E-state index is -0.454. The van der Waals surface area contributed by atoms with Crippen LogP contribution in [0.1, 0.15) is 72.1 Å². The van der Waals surface area contributed by atoms with Crippen molar-refractivity contribution in [1.82, 2.24) is 5.32 Å². The third-order valence-electron chi connectivity index (χ3n) is 4.45. The number of allylic oxidation sites excluding steroid dienone is 2. The van der Waals surface area contributed by atoms with Crippen molar-refractivity contribution in [2.75, 3.05) is 0 Å². The van der Waals surface area contributed by atoms with Crippen LogP contribution in [0, 0.1) is 11.3 Å². The molecule has 0 heterocycles. The molecule has 118 valence electrons. The van der Waals surface area contributed by atoms with E-state index in [4.69, 9.17) is 4.84 Å². The van der Waals surface area contributed by atoms with E-state index in [1.165, 1.54) is 12.8 Å². The van der Waals surface area contributed by atoms with E-state index in [2.05, 4.69) is 37.3 Å². The number of rotatable bonds is 2. The average molecular weight is 292 g/mol. The number of nitrogens with one attached hydrogen (secondary N) is 1. The maximum absolute atomic E-state index is 11.9. The Balaban J connectivity index is 1.84. The molecule has 0 saturated heterocycles. The van der Waals surface area contributed by atoms with Crippen molar-refractivity contribution in [2.45, 2.75) is 72.1 Å². The fraction of sp³-hybridized carbons (Fsp3) is 0.765. The Morgan fingerprint density at radius 2 is 1.95 bits per heavy atom. The molecule has 1 atom stereocenters. The third kappa shape index (κ3) is 5.18. The smallest absolute Gasteiger partial charge is 0.298 e. The molecule has 0 spiro atoms. The second-order valence-corrected chi connectivity index (χ2v) is 7.21. The summed E-state index contributed by atoms with van der Waals surface area (Å²) in [6.07, 6.45) is 10.5. The first-order chi connectivity index (χ1) is 9.96. The first-order valence-electron chi connectivity index (χ1n) is 8.20. The van der Waals surface area contributed by atoms with Crippen molar-refractivity contribution >= 4 is 11.8 Å². The van der Waals surface area contributed by atoms with Crippen LogP contribution in [0.4, 0.5) is 4.79 Å². The maximum atomic E-state index is 11.9. The van der Waals surface area contributed by atoms with Crippen LogP contribution in [-0.4, -0.2) is 11.8 Å². The number of carbonyl (C=O) groups is 1. The van der Waals surface area contributed by atoms with E-state index in [-0.39, 0.29) is 0 Å². The molecule has 1 N–H and O–H groups in total. The minimum Gasteiger partial charge on any atom is -0.298 e. The Hall–Kier alpha value is -1.32. The van der Waals surface area contributed by atoms with Crippen LogP contribution in [-0.2, 0) is 4.84 Å². The van der Waals surface area contributed by atoms with Crippen LogP contribution in [0.2, 0.25) is 0 Å². The molecule has 2 rings (SSSR count). The van der Waals surface area contributed by atoms with Crippen molar-refractivity contribution in [3.05, 3.63) is 11.8 Å². The Kier molecular flexibility index (Phi) is 5.43. The number of oxime groups is 1. The lowest BCUT2D eigenvalue weighted by atomic mass is 9.75. The lowest BCUT2D eigenvalue weighted by molar-refractivity contribution is 0.150. The van der Waals surface area contributed by atoms with Crippen LogP contribution in [0.3, 0.4) is 0 Å². The number of hydrogen-bond acceptors (Lipinski definition) is 3. The van der Waals surface area contributed by atoms with Crippen LogP contribution in [0.5, 0.6) is 0 Å². The number of amides is 1. The summed E-state index contributed by atoms with van der Waals surface area (Å²) in [4.78, 5) is 16.9. The van der Waals surface area contributed by atoms with E-state index in [0.717, 1.165) is 49.9 Å². The zero-order chi connectivity index (χ0) is 15.3. The lowest BCUT2D eigenvalue weighted by Gasteiger charge is -2.33. The normalized spacial score (nSPS) is 25.6. The van der Waals surface area contributed by atoms with Gasteiger partial charge in [-0.1, -0.05) is 44.8 Å². The molecule has 0 aromatic heterocycles. The molecule has 0 aromatic carbocycles. The Morgan fingerprint density at radius 3 is 2.57 bits per heavy atom. The fourth-order valence-electron chi connectivity index (χ4n) is 3.26. The largest absolute Gasteiger partial charge is 0.437 e. The highest BCUT2D eigenvalue weighted by Gasteiger charge is 2.27. The SMILES string of the molecule is CC1CC(C)(C)CC=C1NC(=O)ON=C1CCCCCC1. The Morgan fingerprint density at radius 1 is 1.29 bits per heavy atom. The van der Waals surface area contributed by atoms with Crippen molar-refractivity contribution in [1.29, 1.82) is 0 Å². The average Bonchev–Trinajstić information content (AvgIpc) is 2.68. The first-order valence-corrected chi connectivity index (χ1v) is 8.20. The summed E-state index contributed by atoms with van der Waals surface area (Å²) in [6.45, 7) is 6.66. The van der Waals surface area contributed by atoms with E-state index < -0.39 is 6.09 Å². The van der Waals surface area contributed by atoms with Gasteiger partial charge in [-0.25, -0.2) is 4.79 Å². The van der Waals surface area contributed by atoms with Gasteiger partial charge in [0, 0.05) is 5.70 Å². The summed E-state index contributed by atoms with van der Waals surface area (Å²) < 4.78 is 0. The van der Waals surface area contributed by atoms with Crippen molar-refractivity contribution < 1.29 is 9.63 Å². The number of hydrogen-bond donors (Lipinski definition) is 1. The maximum Gasteiger partial charge on any atom is 0.437 e. The van der Waals surface area contributed by atoms with Gasteiger partial charge in [-0.15, -0.1) is 0 Å². The van der Waals surface area contributed by atoms with Crippen LogP contribution < -0.4 is 5.32 Å². The van der Waals surface area contributed by atoms with Crippen LogP contribution in [0.25, 0.3) is 0 Å². The zero-order valence-electron chi connectivity index (χ0n) is 13.6. The molecule has 1 saturated carbocycles. The molecule has 4 heteroatoms. The second-order valence-electron chi connectivity index (χ2n) is 7.21. The van der Waals surface area contributed by atoms with Crippen molar-refractivity contribution in [3.63, 3.8) is 0 Å². The quantitative estimate of drug-likeness (QED) is 0.453. The summed E-state index contributed by atoms with van der Waals surface area (Å²) in [5, 5.41) is 6.89. The molecule has 1 amide bonds. The van der Waals surface area contributed by atoms with Gasteiger partial charge in [0.25, 0.3) is 0 Å². The highest BCUT2D eigenvalue weighted by Crippen LogP contribution is 2.36. The Labute approximate surface area is 128 Å². The van der Waals surface area contributed by atoms with Gasteiger partial charge in [0.2, 0.25) is 0 Å². The minimum absolute atomic E-state index is 0.315. The van der Waals surface area contributed by atoms with E-state index in [1.807, 2.05) is 0 Å². The summed E-state index contributed by atoms with van der Waals surface area (Å²) in [5.41, 5.74) is 2.31. The fourth-order valence-corrected chi connectivity index (χ4v) is 3.26. The van der Waals surface area contributed by atoms with Gasteiger partial charge in [0.05, 0.1) is 5.71 Å². The molecule has 4 nitrogen and oxygen atoms in total. The summed E-state index contributed by atoms with van der Waals surface area (Å²) in [7, 11) is 0. The van der Waals surface area contributed by atoms with E-state index in [0.29, 0.717) is 11.3 Å². The second kappa shape index (κ2) is 7.10. The molecule has 2 aliphatic carbocycles. The number of nitrogens with zero attached hydrogens (tertiary/aromatic N) is 1. The summed E-state index contributed by atoms with van der Waals surface area (Å²) in [5.74, 6) is 0.354. The van der Waals surface area contributed by atoms with Gasteiger partial charge in [-0.05, 0) is 49.9 Å². The number of carbonyl (C=O) groups excluding carboxylic acids is 1. The van der Waals surface area contributed by atoms with Gasteiger partial charge < -0.3 is 0 Å². The standard InChI is InChI=1S/C17H28N2O2/c1-13-12-17(2,3)11-10-15(13)18-16(20)21-19-14-8-6-4-5-7-9-14/h10,13H,4-9,11-12H2,1-3H3,(H,18,20). The molecule has 0 radical (unpaired) electrons. The molecular formula is C17H28N2O2. The topological polar surface area (TPSA) is 50.7 Å². The van der Waals surface area contributed by atoms with Crippen molar-refractivity contribution in [3.8, 4) is 0 Å². The monoisotopic (exact) mass is 292 g/mol. The van der Waals surface area contributed by atoms with Crippen LogP contribution >= 0.6 is 0 Å². The molecular weight excluding hydrogens is 264 g/mol. The lowest BCUT2D eigenvalue weighted by Crippen LogP contribution is -2.31. The predicted molar refractivity (Wildman–Crippen MR) is 85.0 cm³/mol. The molecule has 0 aliphatic heterocycles. The highest BCUT2D eigenvalue weighted by atomic mass is 16.7. The molecule has 2 aliphatic rings. The van der Waals surface area contributed by atoms with Gasteiger partial charge in [0.15, 0.2) is 0 Å². The predicted octanol–water partition coefficient (Wildman–Crippen LogP) is 4.76. The molecule has 21 heavy (non-hydrogen) atoms. The van der Waals surface area contributed by atoms with E-state index in [1.54, 1.807) is 0 Å². The third-order valence-corrected chi connectivity index (χ3v) is 4.45. The van der Waals surface area contributed by atoms with E-state index >= 15 is 0 Å². The highest BCUT2D eigenvalue weighted by molar-refractivity contribution is 5.84. The van der Waals surface area contributed by atoms with Gasteiger partial charge in [-0.2, -0.15) is 0 Å². The zero-order valence-corrected chi connectivity index (χ0v) is 13.6. The Bertz CT molecular complexity index is 428. The van der Waals surface area contributed by atoms with Gasteiger partial charge in [-0.3, -0.25) is 10.2 Å². The van der Waals surface area contributed by atoms with Gasteiger partial charge >= 0.3 is 6.09 Å². The van der Waals surface area contributed by atoms with Crippen molar-refractivity contribution in [2.24, 2.45) is 16.5 Å².